The molecule has 0 aliphatic carbocycles. The molecule has 0 amide bonds. The van der Waals surface area contributed by atoms with E-state index in [9.17, 15) is 9.36 Å². The van der Waals surface area contributed by atoms with Crippen LogP contribution in [0.1, 0.15) is 46.0 Å². The van der Waals surface area contributed by atoms with Gasteiger partial charge in [0.25, 0.3) is 0 Å². The number of hydrogen-bond donors (Lipinski definition) is 2. The second-order valence-corrected chi connectivity index (χ2v) is 7.70. The predicted octanol–water partition coefficient (Wildman–Crippen LogP) is 3.06. The minimum Gasteiger partial charge on any atom is -0.323 e. The molecule has 0 bridgehead atoms. The maximum Gasteiger partial charge on any atom is 0.346 e. The zero-order valence-corrected chi connectivity index (χ0v) is 12.2. The van der Waals surface area contributed by atoms with Gasteiger partial charge in [-0.2, -0.15) is 0 Å². The molecule has 0 fully saturated rings. The molecule has 0 spiro atoms. The van der Waals surface area contributed by atoms with Gasteiger partial charge in [0.2, 0.25) is 0 Å². The number of carbonyl (C=O) groups excluding carboxylic acids is 1. The second kappa shape index (κ2) is 7.59. The van der Waals surface area contributed by atoms with Crippen LogP contribution in [0.2, 0.25) is 0 Å². The summed E-state index contributed by atoms with van der Waals surface area (Å²) in [5, 5.41) is 0. The van der Waals surface area contributed by atoms with Gasteiger partial charge >= 0.3 is 7.60 Å². The third-order valence-electron chi connectivity index (χ3n) is 2.27. The lowest BCUT2D eigenvalue weighted by Gasteiger charge is -2.10. The molecule has 1 unspecified atom stereocenters. The molecule has 0 radical (unpaired) electrons. The number of alkyl halides is 1. The fourth-order valence-corrected chi connectivity index (χ4v) is 2.07. The Bertz CT molecular complexity index is 262. The van der Waals surface area contributed by atoms with Crippen LogP contribution >= 0.6 is 23.5 Å². The number of carbonyl (C=O) groups is 1. The highest BCUT2D eigenvalue weighted by Gasteiger charge is 2.31. The molecule has 2 N–H and O–H groups in total. The normalized spacial score (nSPS) is 14.1. The number of hydrogen-bond acceptors (Lipinski definition) is 2. The molecule has 0 aromatic heterocycles. The van der Waals surface area contributed by atoms with Gasteiger partial charge in [0.1, 0.15) is 0 Å². The SMILES string of the molecule is CC(C)CCCCCC(=O)C(Br)P(=O)(O)O. The van der Waals surface area contributed by atoms with Gasteiger partial charge in [-0.1, -0.05) is 49.0 Å². The molecule has 0 heterocycles. The molecule has 0 aliphatic heterocycles. The summed E-state index contributed by atoms with van der Waals surface area (Å²) in [7, 11) is -4.32. The lowest BCUT2D eigenvalue weighted by atomic mass is 10.0. The first-order chi connectivity index (χ1) is 7.25. The molecule has 0 aromatic rings. The molecule has 4 nitrogen and oxygen atoms in total. The number of ketones is 1. The van der Waals surface area contributed by atoms with E-state index in [0.29, 0.717) is 12.3 Å². The van der Waals surface area contributed by atoms with Crippen molar-refractivity contribution < 1.29 is 19.1 Å². The summed E-state index contributed by atoms with van der Waals surface area (Å²) in [6, 6.07) is 0. The van der Waals surface area contributed by atoms with Crippen molar-refractivity contribution in [1.82, 2.24) is 0 Å². The Morgan fingerprint density at radius 1 is 1.25 bits per heavy atom. The fraction of sp³-hybridized carbons (Fsp3) is 0.900. The molecule has 0 saturated heterocycles. The van der Waals surface area contributed by atoms with Gasteiger partial charge < -0.3 is 9.79 Å². The van der Waals surface area contributed by atoms with E-state index >= 15 is 0 Å². The average Bonchev–Trinajstić information content (AvgIpc) is 2.13. The molecular weight excluding hydrogens is 295 g/mol. The van der Waals surface area contributed by atoms with Crippen LogP contribution in [0, 0.1) is 5.92 Å². The molecule has 1 atom stereocenters. The Kier molecular flexibility index (Phi) is 7.73. The van der Waals surface area contributed by atoms with Gasteiger partial charge in [-0.3, -0.25) is 9.36 Å². The molecule has 6 heteroatoms. The van der Waals surface area contributed by atoms with Gasteiger partial charge in [0.15, 0.2) is 10.4 Å². The van der Waals surface area contributed by atoms with Crippen molar-refractivity contribution in [3.05, 3.63) is 0 Å². The largest absolute Gasteiger partial charge is 0.346 e. The summed E-state index contributed by atoms with van der Waals surface area (Å²) < 4.78 is 9.45. The first-order valence-electron chi connectivity index (χ1n) is 5.47. The van der Waals surface area contributed by atoms with E-state index in [4.69, 9.17) is 9.79 Å². The van der Waals surface area contributed by atoms with Crippen molar-refractivity contribution >= 4 is 29.3 Å². The van der Waals surface area contributed by atoms with Crippen molar-refractivity contribution in [3.8, 4) is 0 Å². The Hall–Kier alpha value is 0.300. The lowest BCUT2D eigenvalue weighted by molar-refractivity contribution is -0.117. The molecule has 0 saturated carbocycles. The van der Waals surface area contributed by atoms with Gasteiger partial charge in [-0.25, -0.2) is 0 Å². The zero-order chi connectivity index (χ0) is 12.8. The van der Waals surface area contributed by atoms with Gasteiger partial charge in [-0.15, -0.1) is 0 Å². The van der Waals surface area contributed by atoms with Crippen LogP contribution in [0.25, 0.3) is 0 Å². The van der Waals surface area contributed by atoms with Crippen LogP contribution in [-0.4, -0.2) is 20.1 Å². The predicted molar refractivity (Wildman–Crippen MR) is 67.7 cm³/mol. The van der Waals surface area contributed by atoms with E-state index in [2.05, 4.69) is 29.8 Å². The quantitative estimate of drug-likeness (QED) is 0.410. The summed E-state index contributed by atoms with van der Waals surface area (Å²) in [6.45, 7) is 4.29. The van der Waals surface area contributed by atoms with Crippen molar-refractivity contribution in [3.63, 3.8) is 0 Å². The van der Waals surface area contributed by atoms with Crippen LogP contribution in [0.4, 0.5) is 0 Å². The van der Waals surface area contributed by atoms with Crippen LogP contribution in [0.5, 0.6) is 0 Å². The maximum atomic E-state index is 11.3. The van der Waals surface area contributed by atoms with Gasteiger partial charge in [-0.05, 0) is 12.3 Å². The van der Waals surface area contributed by atoms with Crippen molar-refractivity contribution in [2.45, 2.75) is 50.5 Å². The standard InChI is InChI=1S/C10H20BrO4P/c1-8(2)6-4-3-5-7-9(12)10(11)16(13,14)15/h8,10H,3-7H2,1-2H3,(H2,13,14,15). The number of Topliss-reactive ketones (excluding diaryl/α,β-unsaturated/α-hetero) is 1. The first-order valence-corrected chi connectivity index (χ1v) is 8.07. The summed E-state index contributed by atoms with van der Waals surface area (Å²) >= 11 is 2.74. The highest BCUT2D eigenvalue weighted by Crippen LogP contribution is 2.45. The maximum absolute atomic E-state index is 11.3. The fourth-order valence-electron chi connectivity index (χ4n) is 1.34. The van der Waals surface area contributed by atoms with Crippen LogP contribution < -0.4 is 0 Å². The number of halogens is 1. The Labute approximate surface area is 105 Å². The summed E-state index contributed by atoms with van der Waals surface area (Å²) in [4.78, 5) is 28.9. The molecule has 0 rings (SSSR count). The highest BCUT2D eigenvalue weighted by molar-refractivity contribution is 9.11. The smallest absolute Gasteiger partial charge is 0.323 e. The van der Waals surface area contributed by atoms with E-state index in [0.717, 1.165) is 19.3 Å². The van der Waals surface area contributed by atoms with Crippen molar-refractivity contribution in [1.29, 1.82) is 0 Å². The monoisotopic (exact) mass is 314 g/mol. The molecule has 0 aliphatic rings. The number of unbranched alkanes of at least 4 members (excludes halogenated alkanes) is 2. The molecule has 96 valence electrons. The van der Waals surface area contributed by atoms with Crippen LogP contribution in [0.15, 0.2) is 0 Å². The molecule has 0 aromatic carbocycles. The number of rotatable bonds is 8. The van der Waals surface area contributed by atoms with E-state index in [1.54, 1.807) is 0 Å². The van der Waals surface area contributed by atoms with Crippen molar-refractivity contribution in [2.24, 2.45) is 5.92 Å². The van der Waals surface area contributed by atoms with Gasteiger partial charge in [0.05, 0.1) is 0 Å². The van der Waals surface area contributed by atoms with E-state index in [1.165, 1.54) is 0 Å². The average molecular weight is 315 g/mol. The van der Waals surface area contributed by atoms with E-state index in [-0.39, 0.29) is 6.42 Å². The summed E-state index contributed by atoms with van der Waals surface area (Å²) in [5.74, 6) is 0.257. The highest BCUT2D eigenvalue weighted by atomic mass is 79.9. The topological polar surface area (TPSA) is 74.6 Å². The minimum atomic E-state index is -4.32. The third kappa shape index (κ3) is 7.55. The Balaban J connectivity index is 3.71. The van der Waals surface area contributed by atoms with Gasteiger partial charge in [0, 0.05) is 6.42 Å². The van der Waals surface area contributed by atoms with Crippen LogP contribution in [-0.2, 0) is 9.36 Å². The molecule has 16 heavy (non-hydrogen) atoms. The Morgan fingerprint density at radius 2 is 1.81 bits per heavy atom. The molecular formula is C10H20BrO4P. The third-order valence-corrected chi connectivity index (χ3v) is 5.26. The zero-order valence-electron chi connectivity index (χ0n) is 9.73. The van der Waals surface area contributed by atoms with Crippen molar-refractivity contribution in [2.75, 3.05) is 0 Å². The van der Waals surface area contributed by atoms with E-state index < -0.39 is 17.9 Å². The first kappa shape index (κ1) is 16.3. The summed E-state index contributed by atoms with van der Waals surface area (Å²) in [5.41, 5.74) is 0. The second-order valence-electron chi connectivity index (χ2n) is 4.38. The van der Waals surface area contributed by atoms with Crippen LogP contribution in [0.3, 0.4) is 0 Å². The van der Waals surface area contributed by atoms with E-state index in [1.807, 2.05) is 0 Å². The summed E-state index contributed by atoms with van der Waals surface area (Å²) in [6.07, 6.45) is 4.07. The minimum absolute atomic E-state index is 0.235. The lowest BCUT2D eigenvalue weighted by Crippen LogP contribution is -2.13. The Morgan fingerprint density at radius 3 is 2.25 bits per heavy atom.